The fraction of sp³-hybridized carbons (Fsp3) is 0.286. The van der Waals surface area contributed by atoms with Crippen molar-refractivity contribution in [2.75, 3.05) is 0 Å². The van der Waals surface area contributed by atoms with E-state index in [4.69, 9.17) is 0 Å². The molecule has 2 aromatic rings. The summed E-state index contributed by atoms with van der Waals surface area (Å²) < 4.78 is 1.72. The first kappa shape index (κ1) is 12.4. The van der Waals surface area contributed by atoms with Crippen LogP contribution in [0.25, 0.3) is 0 Å². The molecule has 4 nitrogen and oxygen atoms in total. The molecule has 1 aromatic carbocycles. The number of aryl methyl sites for hydroxylation is 2. The molecule has 0 spiro atoms. The molecule has 94 valence electrons. The van der Waals surface area contributed by atoms with Crippen molar-refractivity contribution >= 4 is 5.91 Å². The van der Waals surface area contributed by atoms with E-state index in [1.54, 1.807) is 4.68 Å². The first-order valence-electron chi connectivity index (χ1n) is 5.97. The third-order valence-electron chi connectivity index (χ3n) is 2.73. The molecule has 0 aliphatic heterocycles. The van der Waals surface area contributed by atoms with Gasteiger partial charge in [0.1, 0.15) is 6.54 Å². The predicted molar refractivity (Wildman–Crippen MR) is 70.0 cm³/mol. The molecule has 0 fully saturated rings. The molecular weight excluding hydrogens is 226 g/mol. The Balaban J connectivity index is 1.88. The Kier molecular flexibility index (Phi) is 3.77. The second-order valence-electron chi connectivity index (χ2n) is 4.35. The van der Waals surface area contributed by atoms with E-state index in [2.05, 4.69) is 10.4 Å². The fourth-order valence-corrected chi connectivity index (χ4v) is 1.82. The van der Waals surface area contributed by atoms with Crippen LogP contribution in [0.3, 0.4) is 0 Å². The standard InChI is InChI=1S/C14H17N3O/c1-11-8-12(2)17(16-11)10-14(18)15-9-13-6-4-3-5-7-13/h3-8H,9-10H2,1-2H3,(H,15,18). The molecule has 0 saturated carbocycles. The molecule has 4 heteroatoms. The van der Waals surface area contributed by atoms with Crippen molar-refractivity contribution in [2.45, 2.75) is 26.9 Å². The van der Waals surface area contributed by atoms with Crippen LogP contribution in [-0.2, 0) is 17.9 Å². The smallest absolute Gasteiger partial charge is 0.242 e. The molecule has 0 radical (unpaired) electrons. The highest BCUT2D eigenvalue weighted by atomic mass is 16.2. The number of nitrogens with zero attached hydrogens (tertiary/aromatic N) is 2. The first-order chi connectivity index (χ1) is 8.65. The van der Waals surface area contributed by atoms with Crippen LogP contribution in [0.2, 0.25) is 0 Å². The minimum atomic E-state index is -0.0231. The maximum absolute atomic E-state index is 11.8. The van der Waals surface area contributed by atoms with Gasteiger partial charge in [0, 0.05) is 12.2 Å². The number of carbonyl (C=O) groups excluding carboxylic acids is 1. The summed E-state index contributed by atoms with van der Waals surface area (Å²) in [6, 6.07) is 11.8. The summed E-state index contributed by atoms with van der Waals surface area (Å²) in [4.78, 5) is 11.8. The van der Waals surface area contributed by atoms with Crippen molar-refractivity contribution in [3.63, 3.8) is 0 Å². The predicted octanol–water partition coefficient (Wildman–Crippen LogP) is 1.82. The summed E-state index contributed by atoms with van der Waals surface area (Å²) >= 11 is 0. The van der Waals surface area contributed by atoms with Gasteiger partial charge in [-0.05, 0) is 25.5 Å². The van der Waals surface area contributed by atoms with Crippen LogP contribution in [0.15, 0.2) is 36.4 Å². The van der Waals surface area contributed by atoms with Gasteiger partial charge in [-0.3, -0.25) is 9.48 Å². The zero-order chi connectivity index (χ0) is 13.0. The molecule has 0 aliphatic carbocycles. The Hall–Kier alpha value is -2.10. The van der Waals surface area contributed by atoms with E-state index < -0.39 is 0 Å². The number of carbonyl (C=O) groups is 1. The number of hydrogen-bond acceptors (Lipinski definition) is 2. The van der Waals surface area contributed by atoms with Gasteiger partial charge >= 0.3 is 0 Å². The van der Waals surface area contributed by atoms with Gasteiger partial charge in [0.05, 0.1) is 5.69 Å². The number of aromatic nitrogens is 2. The Morgan fingerprint density at radius 2 is 2.00 bits per heavy atom. The molecule has 18 heavy (non-hydrogen) atoms. The summed E-state index contributed by atoms with van der Waals surface area (Å²) in [5.41, 5.74) is 3.03. The Morgan fingerprint density at radius 1 is 1.28 bits per heavy atom. The van der Waals surface area contributed by atoms with Crippen LogP contribution < -0.4 is 5.32 Å². The zero-order valence-electron chi connectivity index (χ0n) is 10.7. The lowest BCUT2D eigenvalue weighted by Gasteiger charge is -2.06. The molecule has 1 N–H and O–H groups in total. The van der Waals surface area contributed by atoms with Crippen LogP contribution in [0, 0.1) is 13.8 Å². The monoisotopic (exact) mass is 243 g/mol. The second-order valence-corrected chi connectivity index (χ2v) is 4.35. The van der Waals surface area contributed by atoms with Crippen LogP contribution >= 0.6 is 0 Å². The summed E-state index contributed by atoms with van der Waals surface area (Å²) in [7, 11) is 0. The van der Waals surface area contributed by atoms with Crippen molar-refractivity contribution in [2.24, 2.45) is 0 Å². The van der Waals surface area contributed by atoms with Crippen molar-refractivity contribution in [3.8, 4) is 0 Å². The highest BCUT2D eigenvalue weighted by Crippen LogP contribution is 2.01. The third-order valence-corrected chi connectivity index (χ3v) is 2.73. The van der Waals surface area contributed by atoms with E-state index in [0.717, 1.165) is 17.0 Å². The molecule has 1 heterocycles. The van der Waals surface area contributed by atoms with Crippen LogP contribution in [-0.4, -0.2) is 15.7 Å². The van der Waals surface area contributed by atoms with Gasteiger partial charge in [-0.15, -0.1) is 0 Å². The lowest BCUT2D eigenvalue weighted by atomic mass is 10.2. The molecule has 2 rings (SSSR count). The zero-order valence-corrected chi connectivity index (χ0v) is 10.7. The molecular formula is C14H17N3O. The number of nitrogens with one attached hydrogen (secondary N) is 1. The molecule has 0 aliphatic rings. The van der Waals surface area contributed by atoms with Crippen molar-refractivity contribution in [3.05, 3.63) is 53.3 Å². The normalized spacial score (nSPS) is 10.3. The molecule has 0 bridgehead atoms. The van der Waals surface area contributed by atoms with Gasteiger partial charge in [-0.1, -0.05) is 30.3 Å². The van der Waals surface area contributed by atoms with Gasteiger partial charge in [-0.2, -0.15) is 5.10 Å². The quantitative estimate of drug-likeness (QED) is 0.890. The summed E-state index contributed by atoms with van der Waals surface area (Å²) in [5.74, 6) is -0.0231. The first-order valence-corrected chi connectivity index (χ1v) is 5.97. The molecule has 0 saturated heterocycles. The Morgan fingerprint density at radius 3 is 2.61 bits per heavy atom. The van der Waals surface area contributed by atoms with Gasteiger partial charge < -0.3 is 5.32 Å². The van der Waals surface area contributed by atoms with Crippen molar-refractivity contribution in [1.29, 1.82) is 0 Å². The maximum atomic E-state index is 11.8. The van der Waals surface area contributed by atoms with Gasteiger partial charge in [0.25, 0.3) is 0 Å². The van der Waals surface area contributed by atoms with Crippen LogP contribution in [0.4, 0.5) is 0 Å². The highest BCUT2D eigenvalue weighted by molar-refractivity contribution is 5.75. The number of amides is 1. The van der Waals surface area contributed by atoms with E-state index in [9.17, 15) is 4.79 Å². The van der Waals surface area contributed by atoms with Gasteiger partial charge in [-0.25, -0.2) is 0 Å². The maximum Gasteiger partial charge on any atom is 0.242 e. The average Bonchev–Trinajstić information content (AvgIpc) is 2.67. The van der Waals surface area contributed by atoms with E-state index in [0.29, 0.717) is 6.54 Å². The number of hydrogen-bond donors (Lipinski definition) is 1. The average molecular weight is 243 g/mol. The molecule has 1 amide bonds. The Bertz CT molecular complexity index is 531. The van der Waals surface area contributed by atoms with Gasteiger partial charge in [0.15, 0.2) is 0 Å². The van der Waals surface area contributed by atoms with Crippen LogP contribution in [0.5, 0.6) is 0 Å². The lowest BCUT2D eigenvalue weighted by Crippen LogP contribution is -2.27. The minimum Gasteiger partial charge on any atom is -0.350 e. The van der Waals surface area contributed by atoms with Crippen LogP contribution in [0.1, 0.15) is 17.0 Å². The fourth-order valence-electron chi connectivity index (χ4n) is 1.82. The largest absolute Gasteiger partial charge is 0.350 e. The third kappa shape index (κ3) is 3.20. The van der Waals surface area contributed by atoms with E-state index >= 15 is 0 Å². The molecule has 1 aromatic heterocycles. The summed E-state index contributed by atoms with van der Waals surface area (Å²) in [6.07, 6.45) is 0. The second kappa shape index (κ2) is 5.49. The van der Waals surface area contributed by atoms with E-state index in [1.807, 2.05) is 50.2 Å². The number of rotatable bonds is 4. The SMILES string of the molecule is Cc1cc(C)n(CC(=O)NCc2ccccc2)n1. The van der Waals surface area contributed by atoms with Crippen molar-refractivity contribution in [1.82, 2.24) is 15.1 Å². The summed E-state index contributed by atoms with van der Waals surface area (Å²) in [6.45, 7) is 4.70. The lowest BCUT2D eigenvalue weighted by molar-refractivity contribution is -0.122. The molecule has 0 unspecified atom stereocenters. The van der Waals surface area contributed by atoms with E-state index in [-0.39, 0.29) is 12.5 Å². The number of benzene rings is 1. The highest BCUT2D eigenvalue weighted by Gasteiger charge is 2.06. The summed E-state index contributed by atoms with van der Waals surface area (Å²) in [5, 5.41) is 7.15. The topological polar surface area (TPSA) is 46.9 Å². The minimum absolute atomic E-state index is 0.0231. The van der Waals surface area contributed by atoms with Gasteiger partial charge in [0.2, 0.25) is 5.91 Å². The van der Waals surface area contributed by atoms with E-state index in [1.165, 1.54) is 0 Å². The Labute approximate surface area is 107 Å². The molecule has 0 atom stereocenters. The van der Waals surface area contributed by atoms with Crippen molar-refractivity contribution < 1.29 is 4.79 Å².